The lowest BCUT2D eigenvalue weighted by Crippen LogP contribution is -2.49. The number of rotatable bonds is 9. The topological polar surface area (TPSA) is 177 Å². The molecule has 0 unspecified atom stereocenters. The molecule has 1 aromatic heterocycles. The summed E-state index contributed by atoms with van der Waals surface area (Å²) in [4.78, 5) is 52.2. The third-order valence-corrected chi connectivity index (χ3v) is 4.30. The number of benzene rings is 1. The van der Waals surface area contributed by atoms with E-state index in [1.165, 1.54) is 13.0 Å². The number of carbonyl (C=O) groups is 3. The molecule has 1 aromatic carbocycles. The molecule has 0 aliphatic heterocycles. The van der Waals surface area contributed by atoms with E-state index >= 15 is 0 Å². The van der Waals surface area contributed by atoms with Crippen LogP contribution in [-0.2, 0) is 14.4 Å². The number of carboxylic acids is 1. The lowest BCUT2D eigenvalue weighted by atomic mass is 10.1. The summed E-state index contributed by atoms with van der Waals surface area (Å²) in [6.45, 7) is 6.85. The number of aryl methyl sites for hydroxylation is 1. The maximum Gasteiger partial charge on any atom is 0.348 e. The van der Waals surface area contributed by atoms with Crippen molar-refractivity contribution in [1.82, 2.24) is 10.3 Å². The van der Waals surface area contributed by atoms with Crippen molar-refractivity contribution in [1.29, 1.82) is 0 Å². The van der Waals surface area contributed by atoms with Crippen molar-refractivity contribution >= 4 is 52.8 Å². The van der Waals surface area contributed by atoms with Crippen molar-refractivity contribution in [2.45, 2.75) is 58.7 Å². The van der Waals surface area contributed by atoms with E-state index in [2.05, 4.69) is 20.9 Å². The van der Waals surface area contributed by atoms with Crippen LogP contribution in [0.2, 0.25) is 0 Å². The van der Waals surface area contributed by atoms with Crippen molar-refractivity contribution in [3.8, 4) is 0 Å². The van der Waals surface area contributed by atoms with Crippen LogP contribution in [-0.4, -0.2) is 46.0 Å². The molecule has 2 aromatic rings. The van der Waals surface area contributed by atoms with Crippen molar-refractivity contribution < 1.29 is 23.9 Å². The molecule has 6 N–H and O–H groups in total. The molecule has 0 spiro atoms. The number of halogens is 1. The first-order valence-corrected chi connectivity index (χ1v) is 9.78. The zero-order valence-electron chi connectivity index (χ0n) is 18.2. The number of nitrogens with two attached hydrogens (primary N) is 1. The van der Waals surface area contributed by atoms with Gasteiger partial charge in [-0.2, -0.15) is 4.98 Å². The van der Waals surface area contributed by atoms with E-state index < -0.39 is 35.5 Å². The van der Waals surface area contributed by atoms with Crippen LogP contribution >= 0.6 is 12.4 Å². The number of carbonyl (C=O) groups excluding carboxylic acids is 2. The zero-order chi connectivity index (χ0) is 23.3. The standard InChI is InChI=1S/C20H27N5O6.ClH/c1-9(2)22-20-25-14-8-12(7-10(3)16(14)19(30)31-20)23-18(29)13(5-6-15(26)27)24-17(28)11(4)21;/h7-9,11,13H,5-6,21H2,1-4H3,(H,22,25)(H,23,29)(H,24,28)(H,26,27);1H/t11-,13-;/m0./s1. The summed E-state index contributed by atoms with van der Waals surface area (Å²) in [7, 11) is 0. The van der Waals surface area contributed by atoms with Gasteiger partial charge in [0.1, 0.15) is 6.04 Å². The molecule has 0 bridgehead atoms. The van der Waals surface area contributed by atoms with Crippen LogP contribution in [0.3, 0.4) is 0 Å². The van der Waals surface area contributed by atoms with Gasteiger partial charge in [0.2, 0.25) is 11.8 Å². The molecule has 1 heterocycles. The first-order chi connectivity index (χ1) is 14.5. The molecule has 2 atom stereocenters. The highest BCUT2D eigenvalue weighted by atomic mass is 35.5. The maximum atomic E-state index is 12.7. The molecule has 0 radical (unpaired) electrons. The Balaban J connectivity index is 0.00000512. The fraction of sp³-hybridized carbons (Fsp3) is 0.450. The second-order valence-corrected chi connectivity index (χ2v) is 7.56. The van der Waals surface area contributed by atoms with Crippen LogP contribution in [0, 0.1) is 6.92 Å². The van der Waals surface area contributed by atoms with E-state index in [0.29, 0.717) is 16.8 Å². The van der Waals surface area contributed by atoms with Gasteiger partial charge in [-0.25, -0.2) is 4.79 Å². The molecule has 12 heteroatoms. The fourth-order valence-corrected chi connectivity index (χ4v) is 2.84. The summed E-state index contributed by atoms with van der Waals surface area (Å²) in [6, 6.07) is 1.15. The van der Waals surface area contributed by atoms with E-state index in [0.717, 1.165) is 0 Å². The number of hydrogen-bond donors (Lipinski definition) is 5. The van der Waals surface area contributed by atoms with E-state index in [4.69, 9.17) is 15.3 Å². The number of amides is 2. The number of fused-ring (bicyclic) bond motifs is 1. The summed E-state index contributed by atoms with van der Waals surface area (Å²) in [5.41, 5.74) is 6.14. The van der Waals surface area contributed by atoms with Crippen LogP contribution in [0.15, 0.2) is 21.3 Å². The Kier molecular flexibility index (Phi) is 9.60. The Hall–Kier alpha value is -3.18. The molecule has 11 nitrogen and oxygen atoms in total. The largest absolute Gasteiger partial charge is 0.481 e. The number of nitrogens with one attached hydrogen (secondary N) is 3. The molecule has 0 aliphatic rings. The van der Waals surface area contributed by atoms with Crippen LogP contribution in [0.1, 0.15) is 39.2 Å². The third kappa shape index (κ3) is 7.20. The van der Waals surface area contributed by atoms with E-state index in [9.17, 15) is 19.2 Å². The molecular formula is C20H28ClN5O6. The molecular weight excluding hydrogens is 442 g/mol. The van der Waals surface area contributed by atoms with Gasteiger partial charge in [-0.1, -0.05) is 0 Å². The summed E-state index contributed by atoms with van der Waals surface area (Å²) in [5, 5.41) is 17.2. The minimum atomic E-state index is -1.10. The number of nitrogens with zero attached hydrogens (tertiary/aromatic N) is 1. The van der Waals surface area contributed by atoms with Gasteiger partial charge in [-0.05, 0) is 51.8 Å². The highest BCUT2D eigenvalue weighted by Gasteiger charge is 2.23. The van der Waals surface area contributed by atoms with Crippen molar-refractivity contribution in [2.24, 2.45) is 5.73 Å². The normalized spacial score (nSPS) is 12.6. The minimum Gasteiger partial charge on any atom is -0.481 e. The van der Waals surface area contributed by atoms with Crippen LogP contribution in [0.5, 0.6) is 0 Å². The quantitative estimate of drug-likeness (QED) is 0.363. The van der Waals surface area contributed by atoms with Crippen LogP contribution in [0.4, 0.5) is 11.7 Å². The molecule has 176 valence electrons. The summed E-state index contributed by atoms with van der Waals surface area (Å²) < 4.78 is 5.18. The average molecular weight is 470 g/mol. The second kappa shape index (κ2) is 11.4. The Bertz CT molecular complexity index is 1050. The second-order valence-electron chi connectivity index (χ2n) is 7.56. The maximum absolute atomic E-state index is 12.7. The number of carboxylic acid groups (broad SMARTS) is 1. The Labute approximate surface area is 190 Å². The van der Waals surface area contributed by atoms with Crippen LogP contribution in [0.25, 0.3) is 10.9 Å². The lowest BCUT2D eigenvalue weighted by molar-refractivity contribution is -0.137. The minimum absolute atomic E-state index is 0. The van der Waals surface area contributed by atoms with Gasteiger partial charge in [0, 0.05) is 18.2 Å². The zero-order valence-corrected chi connectivity index (χ0v) is 19.0. The Morgan fingerprint density at radius 1 is 1.19 bits per heavy atom. The Morgan fingerprint density at radius 3 is 2.41 bits per heavy atom. The highest BCUT2D eigenvalue weighted by molar-refractivity contribution is 5.99. The van der Waals surface area contributed by atoms with Gasteiger partial charge in [-0.3, -0.25) is 14.4 Å². The molecule has 0 saturated carbocycles. The number of anilines is 2. The predicted molar refractivity (Wildman–Crippen MR) is 122 cm³/mol. The van der Waals surface area contributed by atoms with Crippen LogP contribution < -0.4 is 27.3 Å². The first-order valence-electron chi connectivity index (χ1n) is 9.78. The van der Waals surface area contributed by atoms with E-state index in [-0.39, 0.29) is 42.7 Å². The molecule has 0 saturated heterocycles. The lowest BCUT2D eigenvalue weighted by Gasteiger charge is -2.19. The monoisotopic (exact) mass is 469 g/mol. The molecule has 0 fully saturated rings. The van der Waals surface area contributed by atoms with E-state index in [1.54, 1.807) is 13.0 Å². The number of aromatic nitrogens is 1. The summed E-state index contributed by atoms with van der Waals surface area (Å²) in [5.74, 6) is -2.29. The van der Waals surface area contributed by atoms with Gasteiger partial charge in [0.15, 0.2) is 0 Å². The fourth-order valence-electron chi connectivity index (χ4n) is 2.84. The molecule has 2 amide bonds. The predicted octanol–water partition coefficient (Wildman–Crippen LogP) is 1.37. The van der Waals surface area contributed by atoms with E-state index in [1.807, 2.05) is 13.8 Å². The van der Waals surface area contributed by atoms with Gasteiger partial charge in [-0.15, -0.1) is 12.4 Å². The van der Waals surface area contributed by atoms with Gasteiger partial charge < -0.3 is 31.2 Å². The smallest absolute Gasteiger partial charge is 0.348 e. The highest BCUT2D eigenvalue weighted by Crippen LogP contribution is 2.21. The first kappa shape index (κ1) is 26.9. The molecule has 32 heavy (non-hydrogen) atoms. The van der Waals surface area contributed by atoms with Gasteiger partial charge in [0.25, 0.3) is 6.01 Å². The van der Waals surface area contributed by atoms with Gasteiger partial charge >= 0.3 is 11.6 Å². The Morgan fingerprint density at radius 2 is 1.84 bits per heavy atom. The van der Waals surface area contributed by atoms with Crippen molar-refractivity contribution in [3.63, 3.8) is 0 Å². The average Bonchev–Trinajstić information content (AvgIpc) is 2.63. The number of hydrogen-bond acceptors (Lipinski definition) is 8. The number of aliphatic carboxylic acids is 1. The van der Waals surface area contributed by atoms with Gasteiger partial charge in [0.05, 0.1) is 16.9 Å². The summed E-state index contributed by atoms with van der Waals surface area (Å²) >= 11 is 0. The van der Waals surface area contributed by atoms with Crippen molar-refractivity contribution in [2.75, 3.05) is 10.6 Å². The molecule has 0 aliphatic carbocycles. The summed E-state index contributed by atoms with van der Waals surface area (Å²) in [6.07, 6.45) is -0.433. The molecule has 2 rings (SSSR count). The third-order valence-electron chi connectivity index (χ3n) is 4.30. The SMILES string of the molecule is Cc1cc(NC(=O)[C@H](CCC(=O)O)NC(=O)[C@H](C)N)cc2nc(NC(C)C)oc(=O)c12.Cl. The van der Waals surface area contributed by atoms with Crippen molar-refractivity contribution in [3.05, 3.63) is 28.1 Å².